The van der Waals surface area contributed by atoms with Gasteiger partial charge in [-0.3, -0.25) is 0 Å². The van der Waals surface area contributed by atoms with E-state index in [0.29, 0.717) is 0 Å². The number of hydrogen-bond acceptors (Lipinski definition) is 0. The number of hydrogen-bond donors (Lipinski definition) is 0. The fraction of sp³-hybridized carbons (Fsp3) is 0. The largest absolute Gasteiger partial charge is 6.00 e. The normalized spacial score (nSPS) is 0. The Morgan fingerprint density at radius 3 is 0.500 bits per heavy atom. The Morgan fingerprint density at radius 2 is 0.500 bits per heavy atom. The number of rotatable bonds is 0. The summed E-state index contributed by atoms with van der Waals surface area (Å²) in [4.78, 5) is 0. The molecule has 0 N–H and O–H groups in total. The van der Waals surface area contributed by atoms with E-state index in [1.54, 1.807) is 0 Å². The molecule has 0 aromatic heterocycles. The molecule has 0 aliphatic rings. The first-order valence-corrected chi connectivity index (χ1v) is 0. The monoisotopic (exact) mass is 370 g/mol. The van der Waals surface area contributed by atoms with Gasteiger partial charge in [-0.15, -0.1) is 0 Å². The Balaban J connectivity index is 0. The molecule has 0 aromatic carbocycles. The molecule has 34 valence electrons. The zero-order chi connectivity index (χ0) is 0. The predicted molar refractivity (Wildman–Crippen MR) is 8.50 cm³/mol. The maximum Gasteiger partial charge on any atom is 6.00 e. The summed E-state index contributed by atoms with van der Waals surface area (Å²) >= 11 is 0. The summed E-state index contributed by atoms with van der Waals surface area (Å²) in [6.45, 7) is 0. The SMILES string of the molecule is [Mo+6].[O-2].[O-2].[O-2].[O-2].[Pb+2]. The van der Waals surface area contributed by atoms with Crippen molar-refractivity contribution >= 4 is 27.3 Å². The molecule has 0 fully saturated rings. The Morgan fingerprint density at radius 1 is 0.500 bits per heavy atom. The van der Waals surface area contributed by atoms with E-state index in [4.69, 9.17) is 0 Å². The van der Waals surface area contributed by atoms with Crippen LogP contribution in [0.4, 0.5) is 0 Å². The van der Waals surface area contributed by atoms with Crippen LogP contribution in [0.1, 0.15) is 0 Å². The molecule has 0 heterocycles. The molecular weight excluding hydrogens is 367 g/mol. The van der Waals surface area contributed by atoms with E-state index in [-0.39, 0.29) is 70.3 Å². The summed E-state index contributed by atoms with van der Waals surface area (Å²) in [5.41, 5.74) is 0. The Labute approximate surface area is 70.0 Å². The second kappa shape index (κ2) is 91.1. The molecule has 0 bridgehead atoms. The van der Waals surface area contributed by atoms with Crippen molar-refractivity contribution in [2.75, 3.05) is 0 Å². The van der Waals surface area contributed by atoms with Crippen LogP contribution in [0.3, 0.4) is 0 Å². The third kappa shape index (κ3) is 51.3. The third-order valence-electron chi connectivity index (χ3n) is 0. The molecule has 0 spiro atoms. The Hall–Kier alpha value is 1.45. The maximum absolute atomic E-state index is 0. The van der Waals surface area contributed by atoms with Crippen LogP contribution in [-0.2, 0) is 43.0 Å². The Bertz CT molecular complexity index is 7.51. The molecule has 0 aromatic rings. The third-order valence-corrected chi connectivity index (χ3v) is 0. The van der Waals surface area contributed by atoms with Gasteiger partial charge in [-0.25, -0.2) is 0 Å². The molecule has 0 aliphatic heterocycles. The zero-order valence-electron chi connectivity index (χ0n) is 2.54. The van der Waals surface area contributed by atoms with Gasteiger partial charge in [-0.2, -0.15) is 0 Å². The van der Waals surface area contributed by atoms with Gasteiger partial charge < -0.3 is 21.9 Å². The first-order valence-electron chi connectivity index (χ1n) is 0. The van der Waals surface area contributed by atoms with Crippen molar-refractivity contribution in [3.05, 3.63) is 0 Å². The van der Waals surface area contributed by atoms with Crippen molar-refractivity contribution in [1.29, 1.82) is 0 Å². The molecule has 0 rings (SSSR count). The average Bonchev–Trinajstić information content (AvgIpc) is 0. The molecular formula is MoO4Pb. The van der Waals surface area contributed by atoms with Gasteiger partial charge in [0.1, 0.15) is 0 Å². The molecule has 2 radical (unpaired) electrons. The molecule has 4 nitrogen and oxygen atoms in total. The second-order valence-corrected chi connectivity index (χ2v) is 0. The van der Waals surface area contributed by atoms with E-state index in [1.807, 2.05) is 0 Å². The van der Waals surface area contributed by atoms with Crippen LogP contribution in [0.25, 0.3) is 0 Å². The van der Waals surface area contributed by atoms with Crippen molar-refractivity contribution in [1.82, 2.24) is 0 Å². The minimum absolute atomic E-state index is 0. The van der Waals surface area contributed by atoms with Crippen molar-refractivity contribution in [2.45, 2.75) is 0 Å². The van der Waals surface area contributed by atoms with E-state index < -0.39 is 0 Å². The molecule has 0 unspecified atom stereocenters. The van der Waals surface area contributed by atoms with Crippen LogP contribution in [0.2, 0.25) is 0 Å². The van der Waals surface area contributed by atoms with Crippen LogP contribution in [0.5, 0.6) is 0 Å². The first-order chi connectivity index (χ1) is 0. The minimum atomic E-state index is 0. The first kappa shape index (κ1) is 147. The van der Waals surface area contributed by atoms with Crippen molar-refractivity contribution in [2.24, 2.45) is 0 Å². The average molecular weight is 367 g/mol. The van der Waals surface area contributed by atoms with Crippen LogP contribution < -0.4 is 0 Å². The van der Waals surface area contributed by atoms with Crippen LogP contribution in [0, 0.1) is 0 Å². The minimum Gasteiger partial charge on any atom is -2.00 e. The van der Waals surface area contributed by atoms with Gasteiger partial charge in [-0.1, -0.05) is 0 Å². The topological polar surface area (TPSA) is 114 Å². The van der Waals surface area contributed by atoms with E-state index in [9.17, 15) is 0 Å². The predicted octanol–water partition coefficient (Wildman–Crippen LogP) is -0.859. The fourth-order valence-electron chi connectivity index (χ4n) is 0. The van der Waals surface area contributed by atoms with Crippen molar-refractivity contribution in [3.63, 3.8) is 0 Å². The van der Waals surface area contributed by atoms with Gasteiger partial charge in [0, 0.05) is 0 Å². The summed E-state index contributed by atoms with van der Waals surface area (Å²) in [5.74, 6) is 0. The van der Waals surface area contributed by atoms with Gasteiger partial charge >= 0.3 is 48.4 Å². The van der Waals surface area contributed by atoms with E-state index in [1.165, 1.54) is 0 Å². The van der Waals surface area contributed by atoms with Crippen LogP contribution in [0.15, 0.2) is 0 Å². The van der Waals surface area contributed by atoms with Crippen LogP contribution >= 0.6 is 0 Å². The summed E-state index contributed by atoms with van der Waals surface area (Å²) < 4.78 is 0. The van der Waals surface area contributed by atoms with Gasteiger partial charge in [0.25, 0.3) is 0 Å². The van der Waals surface area contributed by atoms with Gasteiger partial charge in [-0.05, 0) is 0 Å². The van der Waals surface area contributed by atoms with E-state index in [0.717, 1.165) is 0 Å². The fourth-order valence-corrected chi connectivity index (χ4v) is 0. The summed E-state index contributed by atoms with van der Waals surface area (Å²) in [7, 11) is 0. The molecule has 0 aliphatic carbocycles. The van der Waals surface area contributed by atoms with Gasteiger partial charge in [0.05, 0.1) is 0 Å². The molecule has 6 heavy (non-hydrogen) atoms. The summed E-state index contributed by atoms with van der Waals surface area (Å²) in [6.07, 6.45) is 0. The van der Waals surface area contributed by atoms with Gasteiger partial charge in [0.15, 0.2) is 0 Å². The summed E-state index contributed by atoms with van der Waals surface area (Å²) in [5, 5.41) is 0. The molecule has 0 atom stereocenters. The van der Waals surface area contributed by atoms with E-state index >= 15 is 0 Å². The molecule has 0 amide bonds. The molecule has 0 saturated heterocycles. The van der Waals surface area contributed by atoms with Gasteiger partial charge in [0.2, 0.25) is 0 Å². The maximum atomic E-state index is 0. The summed E-state index contributed by atoms with van der Waals surface area (Å²) in [6, 6.07) is 0. The molecule has 0 saturated carbocycles. The standard InChI is InChI=1S/Mo.4O.Pb/q+6;4*-2;+2. The quantitative estimate of drug-likeness (QED) is 0.496. The van der Waals surface area contributed by atoms with Crippen LogP contribution in [-0.4, -0.2) is 27.3 Å². The van der Waals surface area contributed by atoms with Crippen molar-refractivity contribution < 1.29 is 43.0 Å². The van der Waals surface area contributed by atoms with Crippen molar-refractivity contribution in [3.8, 4) is 0 Å². The zero-order valence-corrected chi connectivity index (χ0v) is 8.44. The second-order valence-electron chi connectivity index (χ2n) is 0. The Kier molecular flexibility index (Phi) is 2240. The smallest absolute Gasteiger partial charge is 2.00 e. The molecule has 6 heteroatoms. The van der Waals surface area contributed by atoms with E-state index in [2.05, 4.69) is 0 Å².